The summed E-state index contributed by atoms with van der Waals surface area (Å²) in [5.41, 5.74) is -0.321. The summed E-state index contributed by atoms with van der Waals surface area (Å²) in [5, 5.41) is 9.84. The van der Waals surface area contributed by atoms with Crippen molar-refractivity contribution in [3.63, 3.8) is 0 Å². The maximum absolute atomic E-state index is 9.84. The minimum Gasteiger partial charge on any atom is -0.389 e. The third-order valence-electron chi connectivity index (χ3n) is 2.32. The van der Waals surface area contributed by atoms with Crippen LogP contribution in [0.5, 0.6) is 0 Å². The molecule has 0 spiro atoms. The Balaban J connectivity index is 2.45. The van der Waals surface area contributed by atoms with Crippen LogP contribution < -0.4 is 0 Å². The average Bonchev–Trinajstić information content (AvgIpc) is 1.88. The molecule has 1 fully saturated rings. The molecule has 0 bridgehead atoms. The maximum Gasteiger partial charge on any atom is 0.0739 e. The zero-order chi connectivity index (χ0) is 7.61. The molecule has 0 aromatic carbocycles. The van der Waals surface area contributed by atoms with Gasteiger partial charge in [-0.25, -0.2) is 0 Å². The number of rotatable bonds is 1. The van der Waals surface area contributed by atoms with Gasteiger partial charge in [-0.1, -0.05) is 42.4 Å². The molecule has 1 aliphatic rings. The van der Waals surface area contributed by atoms with Crippen molar-refractivity contribution in [2.24, 2.45) is 5.92 Å². The fraction of sp³-hybridized carbons (Fsp3) is 1.00. The summed E-state index contributed by atoms with van der Waals surface area (Å²) >= 11 is 2.28. The highest BCUT2D eigenvalue weighted by Crippen LogP contribution is 2.33. The molecule has 0 aromatic rings. The van der Waals surface area contributed by atoms with Crippen LogP contribution in [0, 0.1) is 5.92 Å². The van der Waals surface area contributed by atoms with Crippen LogP contribution in [-0.2, 0) is 0 Å². The third-order valence-corrected chi connectivity index (χ3v) is 3.74. The zero-order valence-corrected chi connectivity index (χ0v) is 8.60. The van der Waals surface area contributed by atoms with E-state index in [0.29, 0.717) is 0 Å². The first-order valence-electron chi connectivity index (χ1n) is 3.95. The Bertz CT molecular complexity index is 116. The van der Waals surface area contributed by atoms with Gasteiger partial charge in [0.25, 0.3) is 0 Å². The number of hydrogen-bond acceptors (Lipinski definition) is 1. The second-order valence-electron chi connectivity index (χ2n) is 3.56. The lowest BCUT2D eigenvalue weighted by molar-refractivity contribution is 0.0118. The Kier molecular flexibility index (Phi) is 2.98. The summed E-state index contributed by atoms with van der Waals surface area (Å²) in [7, 11) is 0. The minimum atomic E-state index is -0.321. The molecule has 1 N–H and O–H groups in total. The van der Waals surface area contributed by atoms with Crippen molar-refractivity contribution in [2.75, 3.05) is 4.43 Å². The van der Waals surface area contributed by atoms with E-state index in [1.54, 1.807) is 0 Å². The summed E-state index contributed by atoms with van der Waals surface area (Å²) in [4.78, 5) is 0. The van der Waals surface area contributed by atoms with Gasteiger partial charge >= 0.3 is 0 Å². The van der Waals surface area contributed by atoms with Gasteiger partial charge in [-0.05, 0) is 18.8 Å². The van der Waals surface area contributed by atoms with E-state index >= 15 is 0 Å². The van der Waals surface area contributed by atoms with Crippen molar-refractivity contribution in [2.45, 2.75) is 38.2 Å². The first kappa shape index (κ1) is 8.78. The molecule has 1 nitrogen and oxygen atoms in total. The molecule has 0 heterocycles. The van der Waals surface area contributed by atoms with Gasteiger partial charge < -0.3 is 5.11 Å². The van der Waals surface area contributed by atoms with Gasteiger partial charge in [-0.15, -0.1) is 0 Å². The summed E-state index contributed by atoms with van der Waals surface area (Å²) < 4.78 is 0.898. The molecule has 2 atom stereocenters. The summed E-state index contributed by atoms with van der Waals surface area (Å²) in [6, 6.07) is 0. The fourth-order valence-corrected chi connectivity index (χ4v) is 2.45. The SMILES string of the molecule is C[C@@H]1CCC[C@](O)(CI)C1. The lowest BCUT2D eigenvalue weighted by Crippen LogP contribution is -2.35. The highest BCUT2D eigenvalue weighted by atomic mass is 127. The van der Waals surface area contributed by atoms with E-state index in [9.17, 15) is 5.11 Å². The third kappa shape index (κ3) is 2.09. The Morgan fingerprint density at radius 3 is 2.80 bits per heavy atom. The van der Waals surface area contributed by atoms with Crippen LogP contribution in [0.4, 0.5) is 0 Å². The van der Waals surface area contributed by atoms with Crippen molar-refractivity contribution >= 4 is 22.6 Å². The number of alkyl halides is 1. The summed E-state index contributed by atoms with van der Waals surface area (Å²) in [5.74, 6) is 0.730. The minimum absolute atomic E-state index is 0.321. The van der Waals surface area contributed by atoms with Crippen molar-refractivity contribution in [3.05, 3.63) is 0 Å². The number of hydrogen-bond donors (Lipinski definition) is 1. The normalized spacial score (nSPS) is 41.7. The topological polar surface area (TPSA) is 20.2 Å². The molecule has 0 unspecified atom stereocenters. The smallest absolute Gasteiger partial charge is 0.0739 e. The Labute approximate surface area is 76.3 Å². The maximum atomic E-state index is 9.84. The quantitative estimate of drug-likeness (QED) is 0.562. The molecule has 60 valence electrons. The van der Waals surface area contributed by atoms with E-state index in [4.69, 9.17) is 0 Å². The molecule has 0 radical (unpaired) electrons. The standard InChI is InChI=1S/C8H15IO/c1-7-3-2-4-8(10,5-7)6-9/h7,10H,2-6H2,1H3/t7-,8-/m1/s1. The molecule has 0 saturated heterocycles. The van der Waals surface area contributed by atoms with Gasteiger partial charge in [0.1, 0.15) is 0 Å². The van der Waals surface area contributed by atoms with Crippen molar-refractivity contribution in [1.29, 1.82) is 0 Å². The predicted molar refractivity (Wildman–Crippen MR) is 51.5 cm³/mol. The molecule has 1 saturated carbocycles. The zero-order valence-electron chi connectivity index (χ0n) is 6.44. The van der Waals surface area contributed by atoms with Crippen LogP contribution in [0.25, 0.3) is 0 Å². The van der Waals surface area contributed by atoms with Gasteiger partial charge in [0.15, 0.2) is 0 Å². The van der Waals surface area contributed by atoms with Gasteiger partial charge in [-0.3, -0.25) is 0 Å². The monoisotopic (exact) mass is 254 g/mol. The van der Waals surface area contributed by atoms with Crippen LogP contribution >= 0.6 is 22.6 Å². The second kappa shape index (κ2) is 3.39. The Morgan fingerprint density at radius 1 is 1.70 bits per heavy atom. The Hall–Kier alpha value is 0.690. The first-order chi connectivity index (χ1) is 4.66. The van der Waals surface area contributed by atoms with Crippen LogP contribution in [0.1, 0.15) is 32.6 Å². The van der Waals surface area contributed by atoms with E-state index < -0.39 is 0 Å². The van der Waals surface area contributed by atoms with E-state index in [1.165, 1.54) is 12.8 Å². The van der Waals surface area contributed by atoms with E-state index in [1.807, 2.05) is 0 Å². The summed E-state index contributed by atoms with van der Waals surface area (Å²) in [6.07, 6.45) is 4.54. The van der Waals surface area contributed by atoms with E-state index in [0.717, 1.165) is 23.2 Å². The lowest BCUT2D eigenvalue weighted by Gasteiger charge is -2.33. The number of aliphatic hydroxyl groups is 1. The van der Waals surface area contributed by atoms with Crippen LogP contribution in [0.15, 0.2) is 0 Å². The van der Waals surface area contributed by atoms with Crippen molar-refractivity contribution < 1.29 is 5.11 Å². The van der Waals surface area contributed by atoms with Crippen LogP contribution in [0.3, 0.4) is 0 Å². The fourth-order valence-electron chi connectivity index (χ4n) is 1.75. The summed E-state index contributed by atoms with van der Waals surface area (Å²) in [6.45, 7) is 2.23. The molecule has 0 aromatic heterocycles. The van der Waals surface area contributed by atoms with Crippen molar-refractivity contribution in [3.8, 4) is 0 Å². The highest BCUT2D eigenvalue weighted by Gasteiger charge is 2.30. The molecule has 10 heavy (non-hydrogen) atoms. The van der Waals surface area contributed by atoms with Gasteiger partial charge in [0.05, 0.1) is 5.60 Å². The highest BCUT2D eigenvalue weighted by molar-refractivity contribution is 14.1. The van der Waals surface area contributed by atoms with Gasteiger partial charge in [0, 0.05) is 4.43 Å². The number of halogens is 1. The van der Waals surface area contributed by atoms with Gasteiger partial charge in [0.2, 0.25) is 0 Å². The van der Waals surface area contributed by atoms with E-state index in [2.05, 4.69) is 29.5 Å². The van der Waals surface area contributed by atoms with E-state index in [-0.39, 0.29) is 5.60 Å². The predicted octanol–water partition coefficient (Wildman–Crippen LogP) is 2.36. The second-order valence-corrected chi connectivity index (χ2v) is 4.32. The molecular formula is C8H15IO. The molecule has 1 aliphatic carbocycles. The molecular weight excluding hydrogens is 239 g/mol. The molecule has 0 amide bonds. The van der Waals surface area contributed by atoms with Crippen LogP contribution in [0.2, 0.25) is 0 Å². The van der Waals surface area contributed by atoms with Gasteiger partial charge in [-0.2, -0.15) is 0 Å². The molecule has 2 heteroatoms. The Morgan fingerprint density at radius 2 is 2.40 bits per heavy atom. The van der Waals surface area contributed by atoms with Crippen LogP contribution in [-0.4, -0.2) is 15.1 Å². The largest absolute Gasteiger partial charge is 0.389 e. The molecule has 1 rings (SSSR count). The average molecular weight is 254 g/mol. The lowest BCUT2D eigenvalue weighted by atomic mass is 9.80. The molecule has 0 aliphatic heterocycles. The van der Waals surface area contributed by atoms with Crippen molar-refractivity contribution in [1.82, 2.24) is 0 Å². The first-order valence-corrected chi connectivity index (χ1v) is 5.47.